The van der Waals surface area contributed by atoms with E-state index in [9.17, 15) is 4.79 Å². The molecule has 0 radical (unpaired) electrons. The average molecular weight is 237 g/mol. The van der Waals surface area contributed by atoms with Gasteiger partial charge in [-0.1, -0.05) is 19.3 Å². The number of rotatable bonds is 3. The predicted octanol–water partition coefficient (Wildman–Crippen LogP) is 1.09. The molecule has 1 amide bonds. The Morgan fingerprint density at radius 1 is 1.47 bits per heavy atom. The van der Waals surface area contributed by atoms with Crippen LogP contribution in [-0.2, 0) is 0 Å². The molecule has 1 aromatic rings. The monoisotopic (exact) mass is 237 g/mol. The first-order valence-corrected chi connectivity index (χ1v) is 6.15. The van der Waals surface area contributed by atoms with Crippen molar-refractivity contribution in [2.45, 2.75) is 45.1 Å². The van der Waals surface area contributed by atoms with Crippen LogP contribution in [0.25, 0.3) is 0 Å². The van der Waals surface area contributed by atoms with E-state index in [1.165, 1.54) is 32.1 Å². The maximum absolute atomic E-state index is 11.8. The molecule has 4 N–H and O–H groups in total. The Hall–Kier alpha value is -1.59. The van der Waals surface area contributed by atoms with Gasteiger partial charge in [0.25, 0.3) is 5.91 Å². The molecule has 94 valence electrons. The zero-order chi connectivity index (χ0) is 12.3. The summed E-state index contributed by atoms with van der Waals surface area (Å²) in [7, 11) is 0. The second kappa shape index (κ2) is 5.16. The van der Waals surface area contributed by atoms with Gasteiger partial charge in [0.2, 0.25) is 11.8 Å². The molecule has 1 fully saturated rings. The minimum Gasteiger partial charge on any atom is -0.366 e. The summed E-state index contributed by atoms with van der Waals surface area (Å²) in [6, 6.07) is 0.175. The van der Waals surface area contributed by atoms with Gasteiger partial charge in [0, 0.05) is 6.04 Å². The minimum atomic E-state index is -0.229. The van der Waals surface area contributed by atoms with Gasteiger partial charge in [0.05, 0.1) is 0 Å². The van der Waals surface area contributed by atoms with Gasteiger partial charge in [-0.3, -0.25) is 9.89 Å². The van der Waals surface area contributed by atoms with Crippen LogP contribution in [0.3, 0.4) is 0 Å². The molecule has 6 nitrogen and oxygen atoms in total. The molecule has 1 saturated carbocycles. The van der Waals surface area contributed by atoms with Crippen molar-refractivity contribution in [1.29, 1.82) is 0 Å². The molecule has 1 aromatic heterocycles. The van der Waals surface area contributed by atoms with Gasteiger partial charge in [-0.2, -0.15) is 4.98 Å². The summed E-state index contributed by atoms with van der Waals surface area (Å²) in [5.41, 5.74) is 5.36. The SMILES string of the molecule is CC(NC(=O)c1nc(N)n[nH]1)C1CCCCC1. The number of nitrogen functional groups attached to an aromatic ring is 1. The van der Waals surface area contributed by atoms with Crippen LogP contribution < -0.4 is 11.1 Å². The number of carbonyl (C=O) groups excluding carboxylic acids is 1. The van der Waals surface area contributed by atoms with Gasteiger partial charge in [0.15, 0.2) is 0 Å². The van der Waals surface area contributed by atoms with E-state index in [-0.39, 0.29) is 23.7 Å². The summed E-state index contributed by atoms with van der Waals surface area (Å²) < 4.78 is 0. The number of nitrogens with two attached hydrogens (primary N) is 1. The minimum absolute atomic E-state index is 0.0977. The van der Waals surface area contributed by atoms with Crippen molar-refractivity contribution in [3.05, 3.63) is 5.82 Å². The Kier molecular flexibility index (Phi) is 3.61. The topological polar surface area (TPSA) is 96.7 Å². The molecule has 0 spiro atoms. The van der Waals surface area contributed by atoms with Crippen molar-refractivity contribution in [2.75, 3.05) is 5.73 Å². The van der Waals surface area contributed by atoms with Crippen molar-refractivity contribution in [2.24, 2.45) is 5.92 Å². The Morgan fingerprint density at radius 2 is 2.18 bits per heavy atom. The highest BCUT2D eigenvalue weighted by atomic mass is 16.2. The average Bonchev–Trinajstić information content (AvgIpc) is 2.77. The van der Waals surface area contributed by atoms with Crippen LogP contribution in [0.5, 0.6) is 0 Å². The van der Waals surface area contributed by atoms with E-state index in [4.69, 9.17) is 5.73 Å². The molecule has 1 unspecified atom stereocenters. The zero-order valence-corrected chi connectivity index (χ0v) is 10.1. The Morgan fingerprint density at radius 3 is 2.76 bits per heavy atom. The largest absolute Gasteiger partial charge is 0.366 e. The molecule has 0 bridgehead atoms. The van der Waals surface area contributed by atoms with E-state index in [0.717, 1.165) is 0 Å². The van der Waals surface area contributed by atoms with Crippen molar-refractivity contribution < 1.29 is 4.79 Å². The fourth-order valence-corrected chi connectivity index (χ4v) is 2.40. The number of aromatic amines is 1. The summed E-state index contributed by atoms with van der Waals surface area (Å²) in [4.78, 5) is 15.6. The molecule has 1 atom stereocenters. The second-order valence-electron chi connectivity index (χ2n) is 4.70. The Labute approximate surface area is 100 Å². The van der Waals surface area contributed by atoms with E-state index in [0.29, 0.717) is 5.92 Å². The standard InChI is InChI=1S/C11H19N5O/c1-7(8-5-3-2-4-6-8)13-10(17)9-14-11(12)16-15-9/h7-8H,2-6H2,1H3,(H,13,17)(H3,12,14,15,16). The first-order valence-electron chi connectivity index (χ1n) is 6.15. The van der Waals surface area contributed by atoms with E-state index in [1.54, 1.807) is 0 Å². The number of H-pyrrole nitrogens is 1. The summed E-state index contributed by atoms with van der Waals surface area (Å²) in [6.45, 7) is 2.05. The molecule has 0 saturated heterocycles. The quantitative estimate of drug-likeness (QED) is 0.733. The molecule has 0 aromatic carbocycles. The van der Waals surface area contributed by atoms with Gasteiger partial charge >= 0.3 is 0 Å². The summed E-state index contributed by atoms with van der Waals surface area (Å²) in [5.74, 6) is 0.630. The Bertz CT molecular complexity index is 383. The van der Waals surface area contributed by atoms with Crippen molar-refractivity contribution >= 4 is 11.9 Å². The highest BCUT2D eigenvalue weighted by Gasteiger charge is 2.22. The van der Waals surface area contributed by atoms with E-state index in [1.807, 2.05) is 6.92 Å². The lowest BCUT2D eigenvalue weighted by molar-refractivity contribution is 0.0909. The molecular formula is C11H19N5O. The summed E-state index contributed by atoms with van der Waals surface area (Å²) in [6.07, 6.45) is 6.23. The summed E-state index contributed by atoms with van der Waals surface area (Å²) >= 11 is 0. The number of anilines is 1. The molecule has 0 aliphatic heterocycles. The third-order valence-corrected chi connectivity index (χ3v) is 3.43. The number of amides is 1. The number of hydrogen-bond acceptors (Lipinski definition) is 4. The smallest absolute Gasteiger partial charge is 0.288 e. The Balaban J connectivity index is 1.89. The van der Waals surface area contributed by atoms with Gasteiger partial charge in [-0.05, 0) is 25.7 Å². The van der Waals surface area contributed by atoms with Gasteiger partial charge in [0.1, 0.15) is 0 Å². The zero-order valence-electron chi connectivity index (χ0n) is 10.1. The number of hydrogen-bond donors (Lipinski definition) is 3. The molecule has 17 heavy (non-hydrogen) atoms. The normalized spacial score (nSPS) is 18.9. The van der Waals surface area contributed by atoms with Crippen LogP contribution in [0, 0.1) is 5.92 Å². The van der Waals surface area contributed by atoms with Crippen LogP contribution in [0.15, 0.2) is 0 Å². The van der Waals surface area contributed by atoms with Crippen LogP contribution >= 0.6 is 0 Å². The van der Waals surface area contributed by atoms with E-state index in [2.05, 4.69) is 20.5 Å². The van der Waals surface area contributed by atoms with Crippen LogP contribution in [0.1, 0.15) is 49.6 Å². The molecular weight excluding hydrogens is 218 g/mol. The number of aromatic nitrogens is 3. The number of nitrogens with one attached hydrogen (secondary N) is 2. The lowest BCUT2D eigenvalue weighted by Gasteiger charge is -2.27. The highest BCUT2D eigenvalue weighted by molar-refractivity contribution is 5.90. The molecule has 2 rings (SSSR count). The van der Waals surface area contributed by atoms with E-state index >= 15 is 0 Å². The number of carbonyl (C=O) groups is 1. The predicted molar refractivity (Wildman–Crippen MR) is 64.3 cm³/mol. The second-order valence-corrected chi connectivity index (χ2v) is 4.70. The van der Waals surface area contributed by atoms with Crippen molar-refractivity contribution in [3.63, 3.8) is 0 Å². The molecule has 1 aliphatic rings. The lowest BCUT2D eigenvalue weighted by Crippen LogP contribution is -2.39. The van der Waals surface area contributed by atoms with Crippen molar-refractivity contribution in [3.8, 4) is 0 Å². The number of nitrogens with zero attached hydrogens (tertiary/aromatic N) is 2. The summed E-state index contributed by atoms with van der Waals surface area (Å²) in [5, 5.41) is 9.10. The fraction of sp³-hybridized carbons (Fsp3) is 0.727. The van der Waals surface area contributed by atoms with Gasteiger partial charge < -0.3 is 11.1 Å². The van der Waals surface area contributed by atoms with Crippen molar-refractivity contribution in [1.82, 2.24) is 20.5 Å². The maximum Gasteiger partial charge on any atom is 0.288 e. The van der Waals surface area contributed by atoms with Crippen LogP contribution in [0.4, 0.5) is 5.95 Å². The molecule has 6 heteroatoms. The fourth-order valence-electron chi connectivity index (χ4n) is 2.40. The van der Waals surface area contributed by atoms with Gasteiger partial charge in [-0.25, -0.2) is 0 Å². The first-order chi connectivity index (χ1) is 8.16. The third kappa shape index (κ3) is 2.95. The third-order valence-electron chi connectivity index (χ3n) is 3.43. The highest BCUT2D eigenvalue weighted by Crippen LogP contribution is 2.26. The van der Waals surface area contributed by atoms with Gasteiger partial charge in [-0.15, -0.1) is 5.10 Å². The lowest BCUT2D eigenvalue weighted by atomic mass is 9.84. The maximum atomic E-state index is 11.8. The first kappa shape index (κ1) is 11.9. The molecule has 1 aliphatic carbocycles. The van der Waals surface area contributed by atoms with Crippen LogP contribution in [-0.4, -0.2) is 27.1 Å². The van der Waals surface area contributed by atoms with Crippen LogP contribution in [0.2, 0.25) is 0 Å². The molecule has 1 heterocycles. The van der Waals surface area contributed by atoms with E-state index < -0.39 is 0 Å².